The van der Waals surface area contributed by atoms with Crippen LogP contribution in [0.1, 0.15) is 25.0 Å². The third kappa shape index (κ3) is 5.89. The van der Waals surface area contributed by atoms with E-state index in [9.17, 15) is 0 Å². The summed E-state index contributed by atoms with van der Waals surface area (Å²) in [5.41, 5.74) is 17.8. The lowest BCUT2D eigenvalue weighted by molar-refractivity contribution is 0.661. The molecule has 0 amide bonds. The largest absolute Gasteiger partial charge is 0.311 e. The van der Waals surface area contributed by atoms with Crippen molar-refractivity contribution in [2.24, 2.45) is 0 Å². The summed E-state index contributed by atoms with van der Waals surface area (Å²) in [7, 11) is 0. The van der Waals surface area contributed by atoms with Gasteiger partial charge in [0.2, 0.25) is 0 Å². The first kappa shape index (κ1) is 35.5. The second kappa shape index (κ2) is 14.3. The Kier molecular flexibility index (Phi) is 8.49. The lowest BCUT2D eigenvalue weighted by atomic mass is 9.82. The number of rotatable bonds is 8. The Hall–Kier alpha value is -7.62. The number of aromatic nitrogens is 1. The fourth-order valence-electron chi connectivity index (χ4n) is 9.43. The fourth-order valence-corrected chi connectivity index (χ4v) is 9.43. The summed E-state index contributed by atoms with van der Waals surface area (Å²) in [6.45, 7) is 4.73. The number of fused-ring (bicyclic) bond motifs is 6. The Morgan fingerprint density at radius 1 is 0.333 bits per heavy atom. The van der Waals surface area contributed by atoms with Gasteiger partial charge in [-0.2, -0.15) is 0 Å². The molecule has 0 spiro atoms. The SMILES string of the molecule is CC1(C)c2ccccc2-c2cc3c4cc(N(c5ccccc5)c5ccc(-c6ccccc6)cc5)ccc4n(-c4ccc(N(c5ccccc5)c5ccccc5)cc4)c3cc21. The summed E-state index contributed by atoms with van der Waals surface area (Å²) in [6, 6.07) is 81.4. The molecule has 10 aromatic rings. The molecule has 1 aliphatic rings. The first-order chi connectivity index (χ1) is 29.5. The van der Waals surface area contributed by atoms with Gasteiger partial charge in [0.05, 0.1) is 11.0 Å². The van der Waals surface area contributed by atoms with Crippen LogP contribution in [0.3, 0.4) is 0 Å². The lowest BCUT2D eigenvalue weighted by Crippen LogP contribution is -2.15. The number of anilines is 6. The molecule has 0 saturated heterocycles. The summed E-state index contributed by atoms with van der Waals surface area (Å²) in [6.07, 6.45) is 0. The molecular weight excluding hydrogens is 727 g/mol. The van der Waals surface area contributed by atoms with Gasteiger partial charge in [0.15, 0.2) is 0 Å². The monoisotopic (exact) mass is 769 g/mol. The van der Waals surface area contributed by atoms with E-state index in [4.69, 9.17) is 0 Å². The first-order valence-electron chi connectivity index (χ1n) is 20.8. The summed E-state index contributed by atoms with van der Waals surface area (Å²) in [4.78, 5) is 4.69. The molecule has 0 unspecified atom stereocenters. The molecule has 0 bridgehead atoms. The second-order valence-electron chi connectivity index (χ2n) is 16.2. The predicted molar refractivity (Wildman–Crippen MR) is 253 cm³/mol. The minimum absolute atomic E-state index is 0.127. The minimum Gasteiger partial charge on any atom is -0.311 e. The van der Waals surface area contributed by atoms with E-state index in [1.54, 1.807) is 0 Å². The highest BCUT2D eigenvalue weighted by atomic mass is 15.1. The van der Waals surface area contributed by atoms with E-state index in [2.05, 4.69) is 253 Å². The Morgan fingerprint density at radius 2 is 0.783 bits per heavy atom. The quantitative estimate of drug-likeness (QED) is 0.152. The van der Waals surface area contributed by atoms with Gasteiger partial charge in [0.25, 0.3) is 0 Å². The van der Waals surface area contributed by atoms with Gasteiger partial charge in [-0.1, -0.05) is 135 Å². The van der Waals surface area contributed by atoms with Crippen molar-refractivity contribution in [3.63, 3.8) is 0 Å². The van der Waals surface area contributed by atoms with E-state index < -0.39 is 0 Å². The zero-order valence-corrected chi connectivity index (χ0v) is 33.7. The smallest absolute Gasteiger partial charge is 0.0544 e. The van der Waals surface area contributed by atoms with Crippen molar-refractivity contribution in [1.29, 1.82) is 0 Å². The molecule has 0 radical (unpaired) electrons. The van der Waals surface area contributed by atoms with Crippen molar-refractivity contribution >= 4 is 55.9 Å². The number of hydrogen-bond donors (Lipinski definition) is 0. The summed E-state index contributed by atoms with van der Waals surface area (Å²) in [5, 5.41) is 2.46. The van der Waals surface area contributed by atoms with Gasteiger partial charge in [0, 0.05) is 56.0 Å². The van der Waals surface area contributed by atoms with Crippen LogP contribution < -0.4 is 9.80 Å². The zero-order chi connectivity index (χ0) is 40.2. The van der Waals surface area contributed by atoms with E-state index in [-0.39, 0.29) is 5.41 Å². The molecule has 1 heterocycles. The maximum atomic E-state index is 2.47. The third-order valence-corrected chi connectivity index (χ3v) is 12.4. The molecule has 0 N–H and O–H groups in total. The first-order valence-corrected chi connectivity index (χ1v) is 20.8. The number of para-hydroxylation sites is 3. The summed E-state index contributed by atoms with van der Waals surface area (Å²) >= 11 is 0. The van der Waals surface area contributed by atoms with Crippen LogP contribution in [-0.4, -0.2) is 4.57 Å². The van der Waals surface area contributed by atoms with Gasteiger partial charge < -0.3 is 14.4 Å². The Bertz CT molecular complexity index is 3090. The Morgan fingerprint density at radius 3 is 1.38 bits per heavy atom. The van der Waals surface area contributed by atoms with Crippen molar-refractivity contribution in [2.75, 3.05) is 9.80 Å². The van der Waals surface area contributed by atoms with Crippen molar-refractivity contribution in [3.8, 4) is 27.9 Å². The Balaban J connectivity index is 1.10. The topological polar surface area (TPSA) is 11.4 Å². The fraction of sp³-hybridized carbons (Fsp3) is 0.0526. The van der Waals surface area contributed by atoms with Crippen LogP contribution in [0.5, 0.6) is 0 Å². The van der Waals surface area contributed by atoms with Crippen LogP contribution in [0.2, 0.25) is 0 Å². The Labute approximate surface area is 351 Å². The highest BCUT2D eigenvalue weighted by Gasteiger charge is 2.36. The molecule has 3 heteroatoms. The van der Waals surface area contributed by atoms with Gasteiger partial charge in [-0.05, 0) is 137 Å². The lowest BCUT2D eigenvalue weighted by Gasteiger charge is -2.26. The summed E-state index contributed by atoms with van der Waals surface area (Å²) in [5.74, 6) is 0. The van der Waals surface area contributed by atoms with Gasteiger partial charge in [-0.15, -0.1) is 0 Å². The molecule has 0 aliphatic heterocycles. The molecule has 0 atom stereocenters. The number of nitrogens with zero attached hydrogens (tertiary/aromatic N) is 3. The molecule has 0 fully saturated rings. The number of benzene rings is 9. The summed E-state index contributed by atoms with van der Waals surface area (Å²) < 4.78 is 2.47. The average Bonchev–Trinajstić information content (AvgIpc) is 3.74. The van der Waals surface area contributed by atoms with Gasteiger partial charge in [-0.3, -0.25) is 0 Å². The highest BCUT2D eigenvalue weighted by molar-refractivity contribution is 6.13. The maximum absolute atomic E-state index is 2.47. The molecule has 1 aromatic heterocycles. The predicted octanol–water partition coefficient (Wildman–Crippen LogP) is 15.7. The van der Waals surface area contributed by atoms with Crippen LogP contribution in [0.25, 0.3) is 49.7 Å². The third-order valence-electron chi connectivity index (χ3n) is 12.4. The molecule has 60 heavy (non-hydrogen) atoms. The molecule has 9 aromatic carbocycles. The van der Waals surface area contributed by atoms with Crippen molar-refractivity contribution < 1.29 is 0 Å². The zero-order valence-electron chi connectivity index (χ0n) is 33.7. The highest BCUT2D eigenvalue weighted by Crippen LogP contribution is 2.51. The normalized spacial score (nSPS) is 12.6. The molecule has 3 nitrogen and oxygen atoms in total. The van der Waals surface area contributed by atoms with Crippen molar-refractivity contribution in [3.05, 3.63) is 236 Å². The molecule has 11 rings (SSSR count). The van der Waals surface area contributed by atoms with E-state index in [0.29, 0.717) is 0 Å². The van der Waals surface area contributed by atoms with Crippen molar-refractivity contribution in [2.45, 2.75) is 19.3 Å². The van der Waals surface area contributed by atoms with E-state index in [0.717, 1.165) is 39.8 Å². The average molecular weight is 770 g/mol. The van der Waals surface area contributed by atoms with Crippen LogP contribution in [0, 0.1) is 0 Å². The number of hydrogen-bond acceptors (Lipinski definition) is 2. The van der Waals surface area contributed by atoms with Crippen LogP contribution in [0.4, 0.5) is 34.1 Å². The van der Waals surface area contributed by atoms with Crippen LogP contribution in [-0.2, 0) is 5.41 Å². The molecule has 1 aliphatic carbocycles. The standard InChI is InChI=1S/C57H43N3/c1-57(2)53-26-16-15-25-49(53)50-38-52-51-37-48(59(44-23-13-6-14-24-44)45-29-27-41(28-30-45)40-17-7-3-8-18-40)35-36-55(51)60(56(52)39-54(50)57)47-33-31-46(32-34-47)58(42-19-9-4-10-20-42)43-21-11-5-12-22-43/h3-39H,1-2H3. The van der Waals surface area contributed by atoms with Gasteiger partial charge in [0.1, 0.15) is 0 Å². The van der Waals surface area contributed by atoms with Crippen LogP contribution >= 0.6 is 0 Å². The second-order valence-corrected chi connectivity index (χ2v) is 16.2. The van der Waals surface area contributed by atoms with E-state index in [1.165, 1.54) is 55.2 Å². The van der Waals surface area contributed by atoms with E-state index >= 15 is 0 Å². The maximum Gasteiger partial charge on any atom is 0.0544 e. The molecule has 286 valence electrons. The van der Waals surface area contributed by atoms with Crippen molar-refractivity contribution in [1.82, 2.24) is 4.57 Å². The van der Waals surface area contributed by atoms with Gasteiger partial charge in [-0.25, -0.2) is 0 Å². The minimum atomic E-state index is -0.127. The molecular formula is C57H43N3. The van der Waals surface area contributed by atoms with E-state index in [1.807, 2.05) is 0 Å². The molecule has 0 saturated carbocycles. The van der Waals surface area contributed by atoms with Gasteiger partial charge >= 0.3 is 0 Å². The van der Waals surface area contributed by atoms with Crippen LogP contribution in [0.15, 0.2) is 224 Å².